The molecule has 1 fully saturated rings. The van der Waals surface area contributed by atoms with Gasteiger partial charge in [-0.25, -0.2) is 4.39 Å². The maximum atomic E-state index is 14.6. The van der Waals surface area contributed by atoms with E-state index in [-0.39, 0.29) is 28.9 Å². The third kappa shape index (κ3) is 4.36. The van der Waals surface area contributed by atoms with Gasteiger partial charge in [-0.2, -0.15) is 18.3 Å². The maximum absolute atomic E-state index is 14.6. The summed E-state index contributed by atoms with van der Waals surface area (Å²) >= 11 is 0. The monoisotopic (exact) mass is 451 g/mol. The summed E-state index contributed by atoms with van der Waals surface area (Å²) in [5.41, 5.74) is 0.706. The average molecular weight is 451 g/mol. The van der Waals surface area contributed by atoms with Crippen LogP contribution >= 0.6 is 0 Å². The van der Waals surface area contributed by atoms with Crippen molar-refractivity contribution in [1.29, 1.82) is 0 Å². The van der Waals surface area contributed by atoms with Gasteiger partial charge in [0.1, 0.15) is 17.6 Å². The fourth-order valence-corrected chi connectivity index (χ4v) is 4.30. The Balaban J connectivity index is 1.67. The Morgan fingerprint density at radius 3 is 2.56 bits per heavy atom. The van der Waals surface area contributed by atoms with Gasteiger partial charge in [-0.3, -0.25) is 9.48 Å². The van der Waals surface area contributed by atoms with Crippen molar-refractivity contribution in [1.82, 2.24) is 20.1 Å². The van der Waals surface area contributed by atoms with Gasteiger partial charge in [-0.05, 0) is 43.1 Å². The SMILES string of the molecule is CCNC(c1ccc(Nc2nn(C3CCCCC3F)c3cc[nH]c(=O)c23)cc1)C(F)(F)F. The molecular formula is C22H25F4N5O. The van der Waals surface area contributed by atoms with Crippen molar-refractivity contribution >= 4 is 22.4 Å². The largest absolute Gasteiger partial charge is 0.407 e. The van der Waals surface area contributed by atoms with Crippen LogP contribution in [0.25, 0.3) is 10.9 Å². The number of aromatic nitrogens is 3. The van der Waals surface area contributed by atoms with Crippen molar-refractivity contribution in [2.24, 2.45) is 0 Å². The Morgan fingerprint density at radius 1 is 1.19 bits per heavy atom. The number of alkyl halides is 4. The number of aromatic amines is 1. The van der Waals surface area contributed by atoms with Gasteiger partial charge in [0.25, 0.3) is 5.56 Å². The Kier molecular flexibility index (Phi) is 6.23. The molecule has 2 heterocycles. The van der Waals surface area contributed by atoms with E-state index in [0.717, 1.165) is 12.8 Å². The molecule has 0 bridgehead atoms. The molecule has 32 heavy (non-hydrogen) atoms. The van der Waals surface area contributed by atoms with Gasteiger partial charge in [0.05, 0.1) is 11.6 Å². The highest BCUT2D eigenvalue weighted by Crippen LogP contribution is 2.36. The zero-order valence-electron chi connectivity index (χ0n) is 17.5. The van der Waals surface area contributed by atoms with E-state index in [2.05, 4.69) is 20.7 Å². The molecule has 1 saturated carbocycles. The molecule has 3 N–H and O–H groups in total. The number of H-pyrrole nitrogens is 1. The standard InChI is InChI=1S/C22H25F4N5O/c1-2-27-19(22(24,25)26)13-7-9-14(10-8-13)29-20-18-17(11-12-28-21(18)32)31(30-20)16-6-4-3-5-15(16)23/h7-12,15-16,19,27H,2-6H2,1H3,(H,28,32)(H,29,30). The van der Waals surface area contributed by atoms with E-state index in [4.69, 9.17) is 0 Å². The third-order valence-corrected chi connectivity index (χ3v) is 5.83. The summed E-state index contributed by atoms with van der Waals surface area (Å²) in [7, 11) is 0. The molecule has 6 nitrogen and oxygen atoms in total. The zero-order valence-corrected chi connectivity index (χ0v) is 17.5. The molecule has 0 aliphatic heterocycles. The van der Waals surface area contributed by atoms with E-state index in [0.29, 0.717) is 24.0 Å². The van der Waals surface area contributed by atoms with Crippen LogP contribution in [0.15, 0.2) is 41.3 Å². The average Bonchev–Trinajstić information content (AvgIpc) is 3.12. The quantitative estimate of drug-likeness (QED) is 0.454. The molecule has 0 radical (unpaired) electrons. The number of anilines is 2. The zero-order chi connectivity index (χ0) is 22.9. The smallest absolute Gasteiger partial charge is 0.338 e. The van der Waals surface area contributed by atoms with E-state index in [1.54, 1.807) is 17.7 Å². The van der Waals surface area contributed by atoms with E-state index < -0.39 is 24.4 Å². The van der Waals surface area contributed by atoms with Crippen molar-refractivity contribution in [2.75, 3.05) is 11.9 Å². The molecule has 3 unspecified atom stereocenters. The van der Waals surface area contributed by atoms with Crippen LogP contribution in [0.2, 0.25) is 0 Å². The number of benzene rings is 1. The van der Waals surface area contributed by atoms with E-state index in [1.807, 2.05) is 0 Å². The maximum Gasteiger partial charge on any atom is 0.407 e. The molecule has 4 rings (SSSR count). The van der Waals surface area contributed by atoms with Crippen molar-refractivity contribution < 1.29 is 17.6 Å². The minimum Gasteiger partial charge on any atom is -0.338 e. The van der Waals surface area contributed by atoms with Gasteiger partial charge in [0.15, 0.2) is 5.82 Å². The number of nitrogens with one attached hydrogen (secondary N) is 3. The Hall–Kier alpha value is -2.88. The molecule has 1 aromatic carbocycles. The molecular weight excluding hydrogens is 426 g/mol. The summed E-state index contributed by atoms with van der Waals surface area (Å²) in [5.74, 6) is 0.242. The molecule has 10 heteroatoms. The van der Waals surface area contributed by atoms with Crippen LogP contribution < -0.4 is 16.2 Å². The number of hydrogen-bond acceptors (Lipinski definition) is 4. The number of hydrogen-bond donors (Lipinski definition) is 3. The summed E-state index contributed by atoms with van der Waals surface area (Å²) in [5, 5.41) is 10.3. The molecule has 0 spiro atoms. The highest BCUT2D eigenvalue weighted by molar-refractivity contribution is 5.91. The first-order valence-corrected chi connectivity index (χ1v) is 10.7. The molecule has 172 valence electrons. The second-order valence-electron chi connectivity index (χ2n) is 8.01. The summed E-state index contributed by atoms with van der Waals surface area (Å²) in [4.78, 5) is 15.1. The highest BCUT2D eigenvalue weighted by atomic mass is 19.4. The summed E-state index contributed by atoms with van der Waals surface area (Å²) in [6, 6.07) is 5.23. The number of rotatable bonds is 6. The summed E-state index contributed by atoms with van der Waals surface area (Å²) in [6.45, 7) is 1.79. The minimum atomic E-state index is -4.42. The summed E-state index contributed by atoms with van der Waals surface area (Å²) in [6.07, 6.45) is -1.20. The van der Waals surface area contributed by atoms with Crippen molar-refractivity contribution in [3.8, 4) is 0 Å². The minimum absolute atomic E-state index is 0.0839. The van der Waals surface area contributed by atoms with Crippen LogP contribution in [0.5, 0.6) is 0 Å². The van der Waals surface area contributed by atoms with Crippen molar-refractivity contribution in [3.63, 3.8) is 0 Å². The Bertz CT molecular complexity index is 1120. The third-order valence-electron chi connectivity index (χ3n) is 5.83. The first-order chi connectivity index (χ1) is 15.3. The van der Waals surface area contributed by atoms with Crippen LogP contribution in [0.4, 0.5) is 29.1 Å². The van der Waals surface area contributed by atoms with Gasteiger partial charge >= 0.3 is 6.18 Å². The Labute approximate surface area is 182 Å². The summed E-state index contributed by atoms with van der Waals surface area (Å²) < 4.78 is 56.1. The van der Waals surface area contributed by atoms with E-state index >= 15 is 0 Å². The first-order valence-electron chi connectivity index (χ1n) is 10.7. The Morgan fingerprint density at radius 2 is 1.91 bits per heavy atom. The molecule has 2 aromatic heterocycles. The molecule has 3 aromatic rings. The van der Waals surface area contributed by atoms with Crippen molar-refractivity contribution in [2.45, 2.75) is 57.0 Å². The fourth-order valence-electron chi connectivity index (χ4n) is 4.30. The van der Waals surface area contributed by atoms with Crippen LogP contribution in [0.3, 0.4) is 0 Å². The lowest BCUT2D eigenvalue weighted by Gasteiger charge is -2.26. The first kappa shape index (κ1) is 22.3. The molecule has 1 aliphatic rings. The fraction of sp³-hybridized carbons (Fsp3) is 0.455. The molecule has 0 saturated heterocycles. The van der Waals surface area contributed by atoms with Gasteiger partial charge in [0, 0.05) is 11.9 Å². The molecule has 3 atom stereocenters. The number of halogens is 4. The van der Waals surface area contributed by atoms with Gasteiger partial charge in [0.2, 0.25) is 0 Å². The van der Waals surface area contributed by atoms with Gasteiger partial charge < -0.3 is 15.6 Å². The predicted octanol–water partition coefficient (Wildman–Crippen LogP) is 5.13. The number of nitrogens with zero attached hydrogens (tertiary/aromatic N) is 2. The number of pyridine rings is 1. The second-order valence-corrected chi connectivity index (χ2v) is 8.01. The van der Waals surface area contributed by atoms with Gasteiger partial charge in [-0.15, -0.1) is 0 Å². The molecule has 1 aliphatic carbocycles. The van der Waals surface area contributed by atoms with Crippen LogP contribution in [-0.4, -0.2) is 33.7 Å². The lowest BCUT2D eigenvalue weighted by Crippen LogP contribution is -2.33. The number of fused-ring (bicyclic) bond motifs is 1. The van der Waals surface area contributed by atoms with Crippen LogP contribution in [0, 0.1) is 0 Å². The van der Waals surface area contributed by atoms with E-state index in [9.17, 15) is 22.4 Å². The predicted molar refractivity (Wildman–Crippen MR) is 115 cm³/mol. The van der Waals surface area contributed by atoms with E-state index in [1.165, 1.54) is 30.5 Å². The van der Waals surface area contributed by atoms with Crippen LogP contribution in [0.1, 0.15) is 50.3 Å². The topological polar surface area (TPSA) is 74.7 Å². The van der Waals surface area contributed by atoms with Crippen molar-refractivity contribution in [3.05, 3.63) is 52.4 Å². The normalized spacial score (nSPS) is 20.4. The molecule has 0 amide bonds. The van der Waals surface area contributed by atoms with Crippen LogP contribution in [-0.2, 0) is 0 Å². The van der Waals surface area contributed by atoms with Gasteiger partial charge in [-0.1, -0.05) is 31.9 Å². The lowest BCUT2D eigenvalue weighted by molar-refractivity contribution is -0.157. The highest BCUT2D eigenvalue weighted by Gasteiger charge is 2.40. The lowest BCUT2D eigenvalue weighted by atomic mass is 9.94. The second kappa shape index (κ2) is 8.93.